The van der Waals surface area contributed by atoms with Gasteiger partial charge < -0.3 is 16.4 Å². The summed E-state index contributed by atoms with van der Waals surface area (Å²) in [5.74, 6) is -0.802. The summed E-state index contributed by atoms with van der Waals surface area (Å²) in [4.78, 5) is 23.3. The number of nitrogens with one attached hydrogen (secondary N) is 2. The van der Waals surface area contributed by atoms with Gasteiger partial charge in [0, 0.05) is 0 Å². The molecule has 0 aliphatic carbocycles. The minimum absolute atomic E-state index is 0.0180. The van der Waals surface area contributed by atoms with E-state index in [1.165, 1.54) is 0 Å². The summed E-state index contributed by atoms with van der Waals surface area (Å²) < 4.78 is 22.8. The van der Waals surface area contributed by atoms with E-state index in [0.717, 1.165) is 0 Å². The Morgan fingerprint density at radius 2 is 1.95 bits per heavy atom. The smallest absolute Gasteiger partial charge is 0.239 e. The fraction of sp³-hybridized carbons (Fsp3) is 0.833. The number of carbonyl (C=O) groups excluding carboxylic acids is 2. The van der Waals surface area contributed by atoms with Crippen molar-refractivity contribution < 1.29 is 18.0 Å². The van der Waals surface area contributed by atoms with Gasteiger partial charge in [-0.25, -0.2) is 8.42 Å². The van der Waals surface area contributed by atoms with Gasteiger partial charge in [0.15, 0.2) is 9.84 Å². The summed E-state index contributed by atoms with van der Waals surface area (Å²) in [6.45, 7) is 5.12. The second-order valence-corrected chi connectivity index (χ2v) is 8.12. The number of nitrogens with two attached hydrogens (primary N) is 1. The summed E-state index contributed by atoms with van der Waals surface area (Å²) in [7, 11) is -3.08. The second kappa shape index (κ2) is 6.09. The zero-order valence-electron chi connectivity index (χ0n) is 12.1. The first-order valence-electron chi connectivity index (χ1n) is 6.59. The summed E-state index contributed by atoms with van der Waals surface area (Å²) >= 11 is 0. The van der Waals surface area contributed by atoms with Crippen LogP contribution >= 0.6 is 0 Å². The van der Waals surface area contributed by atoms with E-state index in [0.29, 0.717) is 6.42 Å². The van der Waals surface area contributed by atoms with Crippen LogP contribution in [0.1, 0.15) is 27.2 Å². The second-order valence-electron chi connectivity index (χ2n) is 5.94. The first-order chi connectivity index (χ1) is 9.05. The molecule has 2 amide bonds. The minimum atomic E-state index is -3.08. The van der Waals surface area contributed by atoms with E-state index in [9.17, 15) is 18.0 Å². The van der Waals surface area contributed by atoms with Crippen molar-refractivity contribution in [3.8, 4) is 0 Å². The molecule has 1 unspecified atom stereocenters. The largest absolute Gasteiger partial charge is 0.348 e. The zero-order chi connectivity index (χ0) is 15.6. The van der Waals surface area contributed by atoms with Gasteiger partial charge in [-0.15, -0.1) is 0 Å². The average Bonchev–Trinajstić information content (AvgIpc) is 2.58. The molecule has 0 saturated carbocycles. The summed E-state index contributed by atoms with van der Waals surface area (Å²) in [6.07, 6.45) is 0.389. The summed E-state index contributed by atoms with van der Waals surface area (Å²) in [5, 5.41) is 5.11. The molecule has 0 bridgehead atoms. The summed E-state index contributed by atoms with van der Waals surface area (Å²) in [6, 6.07) is -0.662. The van der Waals surface area contributed by atoms with Crippen molar-refractivity contribution in [2.75, 3.05) is 18.1 Å². The van der Waals surface area contributed by atoms with Crippen molar-refractivity contribution in [2.24, 2.45) is 11.7 Å². The SMILES string of the molecule is CC(C)[C@H](N)C(=O)NCC(=O)NC1(C)CCS(=O)(=O)C1. The molecule has 0 aromatic carbocycles. The average molecular weight is 305 g/mol. The van der Waals surface area contributed by atoms with Crippen molar-refractivity contribution in [3.05, 3.63) is 0 Å². The van der Waals surface area contributed by atoms with Crippen LogP contribution in [0, 0.1) is 5.92 Å². The molecule has 1 aliphatic rings. The Kier molecular flexibility index (Phi) is 5.15. The van der Waals surface area contributed by atoms with Crippen molar-refractivity contribution in [1.29, 1.82) is 0 Å². The molecule has 1 aliphatic heterocycles. The number of hydrogen-bond acceptors (Lipinski definition) is 5. The molecule has 1 fully saturated rings. The number of carbonyl (C=O) groups is 2. The van der Waals surface area contributed by atoms with Crippen LogP contribution in [0.25, 0.3) is 0 Å². The first-order valence-corrected chi connectivity index (χ1v) is 8.41. The van der Waals surface area contributed by atoms with Crippen LogP contribution in [0.3, 0.4) is 0 Å². The molecule has 116 valence electrons. The number of hydrogen-bond donors (Lipinski definition) is 3. The molecule has 7 nitrogen and oxygen atoms in total. The Hall–Kier alpha value is -1.15. The quantitative estimate of drug-likeness (QED) is 0.588. The van der Waals surface area contributed by atoms with Crippen LogP contribution in [0.4, 0.5) is 0 Å². The lowest BCUT2D eigenvalue weighted by Crippen LogP contribution is -2.52. The first kappa shape index (κ1) is 16.9. The third-order valence-corrected chi connectivity index (χ3v) is 5.29. The minimum Gasteiger partial charge on any atom is -0.348 e. The molecular formula is C12H23N3O4S. The number of amides is 2. The van der Waals surface area contributed by atoms with Gasteiger partial charge >= 0.3 is 0 Å². The van der Waals surface area contributed by atoms with E-state index in [4.69, 9.17) is 5.73 Å². The maximum atomic E-state index is 11.8. The fourth-order valence-electron chi connectivity index (χ4n) is 2.08. The third kappa shape index (κ3) is 4.75. The molecule has 0 spiro atoms. The maximum Gasteiger partial charge on any atom is 0.239 e. The van der Waals surface area contributed by atoms with Gasteiger partial charge in [-0.1, -0.05) is 13.8 Å². The normalized spacial score (nSPS) is 26.2. The van der Waals surface area contributed by atoms with Gasteiger partial charge in [-0.3, -0.25) is 9.59 Å². The van der Waals surface area contributed by atoms with Gasteiger partial charge in [0.1, 0.15) is 0 Å². The van der Waals surface area contributed by atoms with Crippen molar-refractivity contribution in [3.63, 3.8) is 0 Å². The molecule has 2 atom stereocenters. The molecule has 0 aromatic rings. The van der Waals surface area contributed by atoms with Crippen LogP contribution < -0.4 is 16.4 Å². The van der Waals surface area contributed by atoms with E-state index < -0.39 is 27.3 Å². The number of sulfone groups is 1. The van der Waals surface area contributed by atoms with Crippen molar-refractivity contribution >= 4 is 21.7 Å². The van der Waals surface area contributed by atoms with Crippen molar-refractivity contribution in [2.45, 2.75) is 38.8 Å². The predicted octanol–water partition coefficient (Wildman–Crippen LogP) is -1.22. The highest BCUT2D eigenvalue weighted by Gasteiger charge is 2.39. The Morgan fingerprint density at radius 3 is 2.40 bits per heavy atom. The molecule has 4 N–H and O–H groups in total. The Balaban J connectivity index is 2.44. The highest BCUT2D eigenvalue weighted by atomic mass is 32.2. The molecule has 0 aromatic heterocycles. The van der Waals surface area contributed by atoms with Crippen LogP contribution in [0.15, 0.2) is 0 Å². The Bertz CT molecular complexity index is 489. The third-order valence-electron chi connectivity index (χ3n) is 3.39. The van der Waals surface area contributed by atoms with E-state index in [-0.39, 0.29) is 29.9 Å². The van der Waals surface area contributed by atoms with E-state index in [1.54, 1.807) is 6.92 Å². The van der Waals surface area contributed by atoms with E-state index in [1.807, 2.05) is 13.8 Å². The standard InChI is InChI=1S/C12H23N3O4S/c1-8(2)10(13)11(17)14-6-9(16)15-12(3)4-5-20(18,19)7-12/h8,10H,4-7,13H2,1-3H3,(H,14,17)(H,15,16)/t10-,12?/m0/s1. The highest BCUT2D eigenvalue weighted by Crippen LogP contribution is 2.22. The topological polar surface area (TPSA) is 118 Å². The van der Waals surface area contributed by atoms with E-state index >= 15 is 0 Å². The van der Waals surface area contributed by atoms with E-state index in [2.05, 4.69) is 10.6 Å². The van der Waals surface area contributed by atoms with Gasteiger partial charge in [0.25, 0.3) is 0 Å². The molecular weight excluding hydrogens is 282 g/mol. The summed E-state index contributed by atoms with van der Waals surface area (Å²) in [5.41, 5.74) is 4.90. The lowest BCUT2D eigenvalue weighted by Gasteiger charge is -2.24. The predicted molar refractivity (Wildman–Crippen MR) is 75.6 cm³/mol. The molecule has 20 heavy (non-hydrogen) atoms. The van der Waals surface area contributed by atoms with Gasteiger partial charge in [-0.2, -0.15) is 0 Å². The monoisotopic (exact) mass is 305 g/mol. The zero-order valence-corrected chi connectivity index (χ0v) is 12.9. The fourth-order valence-corrected chi connectivity index (χ4v) is 4.17. The van der Waals surface area contributed by atoms with Crippen LogP contribution in [-0.2, 0) is 19.4 Å². The van der Waals surface area contributed by atoms with Gasteiger partial charge in [0.05, 0.1) is 29.6 Å². The number of rotatable bonds is 5. The molecule has 1 saturated heterocycles. The lowest BCUT2D eigenvalue weighted by molar-refractivity contribution is -0.128. The molecule has 8 heteroatoms. The van der Waals surface area contributed by atoms with Crippen molar-refractivity contribution in [1.82, 2.24) is 10.6 Å². The van der Waals surface area contributed by atoms with Gasteiger partial charge in [0.2, 0.25) is 11.8 Å². The highest BCUT2D eigenvalue weighted by molar-refractivity contribution is 7.91. The molecule has 1 heterocycles. The van der Waals surface area contributed by atoms with Crippen LogP contribution in [0.2, 0.25) is 0 Å². The van der Waals surface area contributed by atoms with Crippen LogP contribution in [-0.4, -0.2) is 49.9 Å². The maximum absolute atomic E-state index is 11.8. The van der Waals surface area contributed by atoms with Gasteiger partial charge in [-0.05, 0) is 19.3 Å². The lowest BCUT2D eigenvalue weighted by atomic mass is 10.0. The van der Waals surface area contributed by atoms with Crippen LogP contribution in [0.5, 0.6) is 0 Å². The Labute approximate surface area is 119 Å². The molecule has 1 rings (SSSR count). The Morgan fingerprint density at radius 1 is 1.35 bits per heavy atom. The molecule has 0 radical (unpaired) electrons.